The Morgan fingerprint density at radius 2 is 1.62 bits per heavy atom. The van der Waals surface area contributed by atoms with Crippen LogP contribution in [0.2, 0.25) is 0 Å². The zero-order chi connectivity index (χ0) is 20.4. The summed E-state index contributed by atoms with van der Waals surface area (Å²) >= 11 is 0. The van der Waals surface area contributed by atoms with Crippen molar-refractivity contribution in [3.05, 3.63) is 102 Å². The third-order valence-electron chi connectivity index (χ3n) is 5.37. The monoisotopic (exact) mass is 386 g/mol. The Labute approximate surface area is 170 Å². The summed E-state index contributed by atoms with van der Waals surface area (Å²) in [6.45, 7) is 4.04. The van der Waals surface area contributed by atoms with Crippen molar-refractivity contribution >= 4 is 5.78 Å². The molecule has 29 heavy (non-hydrogen) atoms. The van der Waals surface area contributed by atoms with Crippen molar-refractivity contribution < 1.29 is 19.0 Å². The fourth-order valence-corrected chi connectivity index (χ4v) is 4.01. The summed E-state index contributed by atoms with van der Waals surface area (Å²) in [5.41, 5.74) is 0.834. The Morgan fingerprint density at radius 3 is 2.21 bits per heavy atom. The van der Waals surface area contributed by atoms with Gasteiger partial charge in [-0.3, -0.25) is 4.79 Å². The smallest absolute Gasteiger partial charge is 0.219 e. The number of carbonyl (C=O) groups excluding carboxylic acids is 1. The predicted molar refractivity (Wildman–Crippen MR) is 112 cm³/mol. The molecule has 4 rings (SSSR count). The van der Waals surface area contributed by atoms with Gasteiger partial charge in [0.1, 0.15) is 22.8 Å². The SMILES string of the molecule is C=C[C@@H](c1ccccc1)C1(c2ccccc2)Oc2cc(OC)cc(OC)c2C1=O. The lowest BCUT2D eigenvalue weighted by atomic mass is 9.74. The molecule has 1 aliphatic heterocycles. The van der Waals surface area contributed by atoms with E-state index in [2.05, 4.69) is 6.58 Å². The fraction of sp³-hybridized carbons (Fsp3) is 0.160. The Kier molecular flexibility index (Phi) is 4.85. The van der Waals surface area contributed by atoms with E-state index < -0.39 is 11.5 Å². The molecule has 0 aliphatic carbocycles. The molecule has 0 amide bonds. The minimum atomic E-state index is -1.29. The van der Waals surface area contributed by atoms with E-state index in [1.54, 1.807) is 25.3 Å². The molecule has 1 aliphatic rings. The van der Waals surface area contributed by atoms with Crippen LogP contribution in [0.1, 0.15) is 27.4 Å². The highest BCUT2D eigenvalue weighted by Gasteiger charge is 2.55. The molecule has 1 heterocycles. The van der Waals surface area contributed by atoms with Crippen molar-refractivity contribution in [2.75, 3.05) is 14.2 Å². The van der Waals surface area contributed by atoms with E-state index >= 15 is 0 Å². The second kappa shape index (κ2) is 7.47. The highest BCUT2D eigenvalue weighted by atomic mass is 16.5. The van der Waals surface area contributed by atoms with E-state index in [4.69, 9.17) is 14.2 Å². The lowest BCUT2D eigenvalue weighted by Gasteiger charge is -2.34. The normalized spacial score (nSPS) is 18.5. The average molecular weight is 386 g/mol. The Hall–Kier alpha value is -3.53. The molecular weight excluding hydrogens is 364 g/mol. The van der Waals surface area contributed by atoms with E-state index in [9.17, 15) is 4.79 Å². The molecular formula is C25H22O4. The van der Waals surface area contributed by atoms with Crippen molar-refractivity contribution in [2.24, 2.45) is 0 Å². The number of fused-ring (bicyclic) bond motifs is 1. The summed E-state index contributed by atoms with van der Waals surface area (Å²) < 4.78 is 17.4. The van der Waals surface area contributed by atoms with Crippen molar-refractivity contribution in [3.8, 4) is 17.2 Å². The van der Waals surface area contributed by atoms with E-state index in [-0.39, 0.29) is 5.78 Å². The molecule has 4 nitrogen and oxygen atoms in total. The quantitative estimate of drug-likeness (QED) is 0.550. The first kappa shape index (κ1) is 18.8. The molecule has 146 valence electrons. The van der Waals surface area contributed by atoms with Gasteiger partial charge in [0.15, 0.2) is 0 Å². The Bertz CT molecular complexity index is 1040. The van der Waals surface area contributed by atoms with Crippen LogP contribution in [0.15, 0.2) is 85.5 Å². The van der Waals surface area contributed by atoms with Crippen LogP contribution in [0.5, 0.6) is 17.2 Å². The van der Waals surface area contributed by atoms with Gasteiger partial charge in [0.05, 0.1) is 20.1 Å². The van der Waals surface area contributed by atoms with E-state index in [0.717, 1.165) is 11.1 Å². The fourth-order valence-electron chi connectivity index (χ4n) is 4.01. The number of Topliss-reactive ketones (excluding diaryl/α,β-unsaturated/α-hetero) is 1. The molecule has 0 N–H and O–H groups in total. The maximum atomic E-state index is 14.0. The molecule has 0 spiro atoms. The number of rotatable bonds is 6. The summed E-state index contributed by atoms with van der Waals surface area (Å²) in [6, 6.07) is 22.8. The van der Waals surface area contributed by atoms with Crippen LogP contribution in [0.3, 0.4) is 0 Å². The second-order valence-electron chi connectivity index (χ2n) is 6.86. The first-order chi connectivity index (χ1) is 14.2. The van der Waals surface area contributed by atoms with Crippen LogP contribution < -0.4 is 14.2 Å². The number of carbonyl (C=O) groups is 1. The van der Waals surface area contributed by atoms with Crippen molar-refractivity contribution in [1.29, 1.82) is 0 Å². The number of hydrogen-bond donors (Lipinski definition) is 0. The van der Waals surface area contributed by atoms with Crippen LogP contribution >= 0.6 is 0 Å². The van der Waals surface area contributed by atoms with Crippen molar-refractivity contribution in [1.82, 2.24) is 0 Å². The molecule has 0 bridgehead atoms. The van der Waals surface area contributed by atoms with Crippen molar-refractivity contribution in [2.45, 2.75) is 11.5 Å². The summed E-state index contributed by atoms with van der Waals surface area (Å²) in [5, 5.41) is 0. The molecule has 3 aromatic rings. The number of methoxy groups -OCH3 is 2. The third kappa shape index (κ3) is 2.88. The van der Waals surface area contributed by atoms with Crippen LogP contribution in [-0.2, 0) is 5.60 Å². The van der Waals surface area contributed by atoms with Crippen molar-refractivity contribution in [3.63, 3.8) is 0 Å². The first-order valence-electron chi connectivity index (χ1n) is 9.38. The van der Waals surface area contributed by atoms with Gasteiger partial charge in [-0.1, -0.05) is 66.7 Å². The zero-order valence-electron chi connectivity index (χ0n) is 16.4. The molecule has 0 radical (unpaired) electrons. The van der Waals surface area contributed by atoms with Gasteiger partial charge < -0.3 is 14.2 Å². The topological polar surface area (TPSA) is 44.8 Å². The molecule has 2 atom stereocenters. The highest BCUT2D eigenvalue weighted by Crippen LogP contribution is 2.53. The van der Waals surface area contributed by atoms with Gasteiger partial charge in [0.2, 0.25) is 11.4 Å². The molecule has 0 saturated heterocycles. The van der Waals surface area contributed by atoms with Crippen LogP contribution in [0.4, 0.5) is 0 Å². The highest BCUT2D eigenvalue weighted by molar-refractivity contribution is 6.11. The third-order valence-corrected chi connectivity index (χ3v) is 5.37. The largest absolute Gasteiger partial charge is 0.496 e. The zero-order valence-corrected chi connectivity index (χ0v) is 16.4. The van der Waals surface area contributed by atoms with Crippen LogP contribution in [-0.4, -0.2) is 20.0 Å². The van der Waals surface area contributed by atoms with Gasteiger partial charge in [-0.2, -0.15) is 0 Å². The average Bonchev–Trinajstić information content (AvgIpc) is 3.08. The molecule has 0 aromatic heterocycles. The summed E-state index contributed by atoms with van der Waals surface area (Å²) in [5.74, 6) is 0.872. The standard InChI is InChI=1S/C25H22O4/c1-4-20(17-11-7-5-8-12-17)25(18-13-9-6-10-14-18)24(26)23-21(28-3)15-19(27-2)16-22(23)29-25/h4-16,20H,1H2,2-3H3/t20-,25?/m0/s1. The summed E-state index contributed by atoms with van der Waals surface area (Å²) in [7, 11) is 3.10. The molecule has 1 unspecified atom stereocenters. The minimum Gasteiger partial charge on any atom is -0.496 e. The maximum Gasteiger partial charge on any atom is 0.219 e. The minimum absolute atomic E-state index is 0.160. The van der Waals surface area contributed by atoms with Crippen LogP contribution in [0, 0.1) is 0 Å². The van der Waals surface area contributed by atoms with E-state index in [1.165, 1.54) is 7.11 Å². The molecule has 3 aromatic carbocycles. The van der Waals surface area contributed by atoms with Gasteiger partial charge in [-0.05, 0) is 5.56 Å². The molecule has 0 fully saturated rings. The maximum absolute atomic E-state index is 14.0. The van der Waals surface area contributed by atoms with Gasteiger partial charge in [0.25, 0.3) is 0 Å². The van der Waals surface area contributed by atoms with Gasteiger partial charge in [-0.15, -0.1) is 6.58 Å². The second-order valence-corrected chi connectivity index (χ2v) is 6.86. The van der Waals surface area contributed by atoms with E-state index in [0.29, 0.717) is 22.8 Å². The first-order valence-corrected chi connectivity index (χ1v) is 9.38. The summed E-state index contributed by atoms with van der Waals surface area (Å²) in [6.07, 6.45) is 1.77. The molecule has 0 saturated carbocycles. The Morgan fingerprint density at radius 1 is 0.966 bits per heavy atom. The summed E-state index contributed by atoms with van der Waals surface area (Å²) in [4.78, 5) is 14.0. The predicted octanol–water partition coefficient (Wildman–Crippen LogP) is 5.14. The number of ether oxygens (including phenoxy) is 3. The molecule has 4 heteroatoms. The lowest BCUT2D eigenvalue weighted by Crippen LogP contribution is -2.42. The van der Waals surface area contributed by atoms with Crippen LogP contribution in [0.25, 0.3) is 0 Å². The van der Waals surface area contributed by atoms with E-state index in [1.807, 2.05) is 60.7 Å². The van der Waals surface area contributed by atoms with Gasteiger partial charge in [0, 0.05) is 17.7 Å². The number of hydrogen-bond acceptors (Lipinski definition) is 4. The lowest BCUT2D eigenvalue weighted by molar-refractivity contribution is 0.0486. The number of ketones is 1. The Balaban J connectivity index is 1.98. The van der Waals surface area contributed by atoms with Gasteiger partial charge >= 0.3 is 0 Å². The number of benzene rings is 3. The van der Waals surface area contributed by atoms with Gasteiger partial charge in [-0.25, -0.2) is 0 Å².